The van der Waals surface area contributed by atoms with Gasteiger partial charge >= 0.3 is 0 Å². The highest BCUT2D eigenvalue weighted by molar-refractivity contribution is 7.22. The first kappa shape index (κ1) is 18.2. The van der Waals surface area contributed by atoms with E-state index in [1.54, 1.807) is 17.5 Å². The number of aliphatic hydroxyl groups excluding tert-OH is 1. The van der Waals surface area contributed by atoms with Gasteiger partial charge in [-0.15, -0.1) is 22.7 Å². The van der Waals surface area contributed by atoms with Crippen molar-refractivity contribution in [3.05, 3.63) is 80.1 Å². The number of aromatic nitrogens is 1. The van der Waals surface area contributed by atoms with Crippen LogP contribution in [-0.2, 0) is 4.79 Å². The van der Waals surface area contributed by atoms with Gasteiger partial charge in [0.1, 0.15) is 11.9 Å². The van der Waals surface area contributed by atoms with Crippen LogP contribution in [0.4, 0.5) is 9.52 Å². The zero-order chi connectivity index (χ0) is 20.1. The molecular formula is C20H11FN2O3S3. The smallest absolute Gasteiger partial charge is 0.296 e. The summed E-state index contributed by atoms with van der Waals surface area (Å²) >= 11 is 3.77. The molecule has 0 radical (unpaired) electrons. The van der Waals surface area contributed by atoms with Gasteiger partial charge in [-0.05, 0) is 41.1 Å². The molecule has 4 aromatic rings. The number of anilines is 1. The number of carbonyl (C=O) groups is 2. The monoisotopic (exact) mass is 442 g/mol. The Hall–Kier alpha value is -2.88. The Balaban J connectivity index is 1.67. The van der Waals surface area contributed by atoms with Crippen LogP contribution >= 0.6 is 34.0 Å². The maximum Gasteiger partial charge on any atom is 0.296 e. The molecule has 0 spiro atoms. The average Bonchev–Trinajstić information content (AvgIpc) is 3.49. The van der Waals surface area contributed by atoms with Crippen molar-refractivity contribution in [1.29, 1.82) is 0 Å². The van der Waals surface area contributed by atoms with E-state index < -0.39 is 23.5 Å². The largest absolute Gasteiger partial charge is 0.503 e. The molecule has 4 heterocycles. The van der Waals surface area contributed by atoms with Gasteiger partial charge in [-0.2, -0.15) is 0 Å². The molecule has 9 heteroatoms. The third kappa shape index (κ3) is 2.89. The lowest BCUT2D eigenvalue weighted by Gasteiger charge is -2.22. The van der Waals surface area contributed by atoms with E-state index in [1.165, 1.54) is 45.8 Å². The number of thiazole rings is 1. The standard InChI is InChI=1S/C20H11FN2O3S3/c21-10-5-6-11-14(9-10)29-20(22-11)23-16(12-3-1-7-27-12)15(18(25)19(23)26)17(24)13-4-2-8-28-13/h1-9,16,25H. The summed E-state index contributed by atoms with van der Waals surface area (Å²) in [6.45, 7) is 0. The van der Waals surface area contributed by atoms with Gasteiger partial charge in [0, 0.05) is 4.88 Å². The molecule has 144 valence electrons. The van der Waals surface area contributed by atoms with Crippen molar-refractivity contribution in [1.82, 2.24) is 4.98 Å². The fraction of sp³-hybridized carbons (Fsp3) is 0.0500. The van der Waals surface area contributed by atoms with Gasteiger partial charge in [0.15, 0.2) is 10.9 Å². The summed E-state index contributed by atoms with van der Waals surface area (Å²) in [6.07, 6.45) is 0. The normalized spacial score (nSPS) is 16.9. The van der Waals surface area contributed by atoms with Crippen LogP contribution in [-0.4, -0.2) is 21.8 Å². The summed E-state index contributed by atoms with van der Waals surface area (Å²) in [5.74, 6) is -2.06. The molecule has 1 amide bonds. The topological polar surface area (TPSA) is 70.5 Å². The second kappa shape index (κ2) is 6.87. The maximum absolute atomic E-state index is 13.6. The molecule has 1 unspecified atom stereocenters. The maximum atomic E-state index is 13.6. The Bertz CT molecular complexity index is 1280. The number of ketones is 1. The fourth-order valence-corrected chi connectivity index (χ4v) is 5.80. The van der Waals surface area contributed by atoms with Gasteiger partial charge in [0.05, 0.1) is 20.7 Å². The Kier molecular flexibility index (Phi) is 4.30. The van der Waals surface area contributed by atoms with E-state index in [-0.39, 0.29) is 11.4 Å². The van der Waals surface area contributed by atoms with Crippen LogP contribution in [0.25, 0.3) is 10.2 Å². The van der Waals surface area contributed by atoms with Crippen LogP contribution in [0.2, 0.25) is 0 Å². The minimum Gasteiger partial charge on any atom is -0.503 e. The predicted octanol–water partition coefficient (Wildman–Crippen LogP) is 5.34. The predicted molar refractivity (Wildman–Crippen MR) is 112 cm³/mol. The van der Waals surface area contributed by atoms with Crippen LogP contribution in [0.1, 0.15) is 20.6 Å². The van der Waals surface area contributed by atoms with E-state index in [2.05, 4.69) is 4.98 Å². The zero-order valence-corrected chi connectivity index (χ0v) is 17.0. The third-order valence-corrected chi connectivity index (χ3v) is 7.37. The fourth-order valence-electron chi connectivity index (χ4n) is 3.28. The van der Waals surface area contributed by atoms with Crippen LogP contribution in [0, 0.1) is 5.82 Å². The molecule has 5 nitrogen and oxygen atoms in total. The van der Waals surface area contributed by atoms with E-state index in [1.807, 2.05) is 17.5 Å². The molecule has 1 aliphatic rings. The molecule has 0 fully saturated rings. The number of rotatable bonds is 4. The number of carbonyl (C=O) groups excluding carboxylic acids is 2. The van der Waals surface area contributed by atoms with Crippen LogP contribution in [0.3, 0.4) is 0 Å². The molecule has 0 aliphatic carbocycles. The van der Waals surface area contributed by atoms with Crippen LogP contribution in [0.15, 0.2) is 64.6 Å². The van der Waals surface area contributed by atoms with Crippen molar-refractivity contribution < 1.29 is 19.1 Å². The number of fused-ring (bicyclic) bond motifs is 1. The number of nitrogens with zero attached hydrogens (tertiary/aromatic N) is 2. The van der Waals surface area contributed by atoms with Gasteiger partial charge in [-0.1, -0.05) is 23.5 Å². The molecule has 5 rings (SSSR count). The molecule has 0 saturated heterocycles. The number of hydrogen-bond donors (Lipinski definition) is 1. The summed E-state index contributed by atoms with van der Waals surface area (Å²) in [5, 5.41) is 14.5. The summed E-state index contributed by atoms with van der Waals surface area (Å²) in [6, 6.07) is 10.4. The molecule has 29 heavy (non-hydrogen) atoms. The second-order valence-electron chi connectivity index (χ2n) is 6.27. The van der Waals surface area contributed by atoms with Crippen molar-refractivity contribution >= 4 is 61.0 Å². The highest BCUT2D eigenvalue weighted by Crippen LogP contribution is 2.45. The van der Waals surface area contributed by atoms with Crippen LogP contribution in [0.5, 0.6) is 0 Å². The lowest BCUT2D eigenvalue weighted by Crippen LogP contribution is -2.30. The van der Waals surface area contributed by atoms with Crippen molar-refractivity contribution in [2.24, 2.45) is 0 Å². The summed E-state index contributed by atoms with van der Waals surface area (Å²) in [5.41, 5.74) is 0.576. The molecule has 0 saturated carbocycles. The van der Waals surface area contributed by atoms with E-state index in [4.69, 9.17) is 0 Å². The highest BCUT2D eigenvalue weighted by atomic mass is 32.1. The first-order valence-corrected chi connectivity index (χ1v) is 11.1. The van der Waals surface area contributed by atoms with Crippen LogP contribution < -0.4 is 4.90 Å². The van der Waals surface area contributed by atoms with Crippen molar-refractivity contribution in [2.45, 2.75) is 6.04 Å². The summed E-state index contributed by atoms with van der Waals surface area (Å²) in [7, 11) is 0. The zero-order valence-electron chi connectivity index (χ0n) is 14.5. The van der Waals surface area contributed by atoms with Gasteiger partial charge in [0.25, 0.3) is 5.91 Å². The minimum absolute atomic E-state index is 0.0327. The molecule has 1 atom stereocenters. The summed E-state index contributed by atoms with van der Waals surface area (Å²) in [4.78, 5) is 33.1. The quantitative estimate of drug-likeness (QED) is 0.433. The lowest BCUT2D eigenvalue weighted by molar-refractivity contribution is -0.117. The highest BCUT2D eigenvalue weighted by Gasteiger charge is 2.46. The molecule has 1 aromatic carbocycles. The molecular weight excluding hydrogens is 431 g/mol. The Labute approximate surface area is 176 Å². The van der Waals surface area contributed by atoms with Crippen molar-refractivity contribution in [3.63, 3.8) is 0 Å². The number of benzene rings is 1. The third-order valence-electron chi connectivity index (χ3n) is 4.56. The number of amides is 1. The van der Waals surface area contributed by atoms with Crippen molar-refractivity contribution in [2.75, 3.05) is 4.90 Å². The van der Waals surface area contributed by atoms with E-state index in [9.17, 15) is 19.1 Å². The van der Waals surface area contributed by atoms with Gasteiger partial charge < -0.3 is 5.11 Å². The number of halogens is 1. The van der Waals surface area contributed by atoms with Crippen molar-refractivity contribution in [3.8, 4) is 0 Å². The van der Waals surface area contributed by atoms with Gasteiger partial charge in [-0.3, -0.25) is 14.5 Å². The molecule has 3 aromatic heterocycles. The number of hydrogen-bond acceptors (Lipinski definition) is 7. The van der Waals surface area contributed by atoms with E-state index in [0.29, 0.717) is 20.2 Å². The first-order valence-electron chi connectivity index (χ1n) is 8.49. The number of Topliss-reactive ketones (excluding diaryl/α,β-unsaturated/α-hetero) is 1. The number of aliphatic hydroxyl groups is 1. The SMILES string of the molecule is O=C(C1=C(O)C(=O)N(c2nc3ccc(F)cc3s2)C1c1cccs1)c1cccs1. The molecule has 1 N–H and O–H groups in total. The Morgan fingerprint density at radius 1 is 1.14 bits per heavy atom. The average molecular weight is 443 g/mol. The summed E-state index contributed by atoms with van der Waals surface area (Å²) < 4.78 is 14.2. The van der Waals surface area contributed by atoms with Gasteiger partial charge in [-0.25, -0.2) is 9.37 Å². The Morgan fingerprint density at radius 3 is 2.66 bits per heavy atom. The lowest BCUT2D eigenvalue weighted by atomic mass is 10.0. The molecule has 1 aliphatic heterocycles. The minimum atomic E-state index is -0.789. The second-order valence-corrected chi connectivity index (χ2v) is 9.21. The van der Waals surface area contributed by atoms with Gasteiger partial charge in [0.2, 0.25) is 5.78 Å². The number of thiophene rings is 2. The first-order chi connectivity index (χ1) is 14.0. The van der Waals surface area contributed by atoms with E-state index >= 15 is 0 Å². The molecule has 0 bridgehead atoms. The Morgan fingerprint density at radius 2 is 1.93 bits per heavy atom. The van der Waals surface area contributed by atoms with E-state index in [0.717, 1.165) is 16.2 Å².